The molecule has 1 aromatic heterocycles. The van der Waals surface area contributed by atoms with Gasteiger partial charge in [-0.1, -0.05) is 24.3 Å². The van der Waals surface area contributed by atoms with E-state index in [0.29, 0.717) is 5.69 Å². The minimum absolute atomic E-state index is 0.111. The Morgan fingerprint density at radius 1 is 1.22 bits per heavy atom. The number of amides is 1. The summed E-state index contributed by atoms with van der Waals surface area (Å²) in [6.45, 7) is 1.62. The molecular weight excluding hydrogens is 288 g/mol. The van der Waals surface area contributed by atoms with Gasteiger partial charge in [0.25, 0.3) is 5.91 Å². The molecule has 1 aromatic carbocycles. The van der Waals surface area contributed by atoms with Crippen molar-refractivity contribution in [2.75, 3.05) is 20.2 Å². The van der Waals surface area contributed by atoms with Gasteiger partial charge < -0.3 is 14.6 Å². The summed E-state index contributed by atoms with van der Waals surface area (Å²) in [6.07, 6.45) is 5.05. The lowest BCUT2D eigenvalue weighted by Gasteiger charge is -2.40. The summed E-state index contributed by atoms with van der Waals surface area (Å²) in [5.41, 5.74) is 3.62. The first-order valence-corrected chi connectivity index (χ1v) is 8.28. The Labute approximate surface area is 136 Å². The number of aromatic nitrogens is 1. The number of ether oxygens (including phenoxy) is 1. The first-order valence-electron chi connectivity index (χ1n) is 8.28. The van der Waals surface area contributed by atoms with E-state index in [1.807, 2.05) is 17.0 Å². The van der Waals surface area contributed by atoms with E-state index in [0.717, 1.165) is 32.4 Å². The molecule has 2 aromatic rings. The van der Waals surface area contributed by atoms with E-state index in [1.165, 1.54) is 11.1 Å². The van der Waals surface area contributed by atoms with Gasteiger partial charge in [0.1, 0.15) is 5.69 Å². The van der Waals surface area contributed by atoms with E-state index < -0.39 is 0 Å². The largest absolute Gasteiger partial charge is 0.377 e. The number of piperidine rings is 1. The van der Waals surface area contributed by atoms with Crippen LogP contribution in [0.25, 0.3) is 0 Å². The third-order valence-electron chi connectivity index (χ3n) is 5.58. The van der Waals surface area contributed by atoms with Gasteiger partial charge in [0.05, 0.1) is 6.10 Å². The minimum atomic E-state index is 0.111. The molecule has 1 spiro atoms. The number of nitrogens with one attached hydrogen (secondary N) is 1. The van der Waals surface area contributed by atoms with E-state index >= 15 is 0 Å². The van der Waals surface area contributed by atoms with Crippen molar-refractivity contribution in [3.05, 3.63) is 59.4 Å². The molecule has 120 valence electrons. The van der Waals surface area contributed by atoms with Crippen molar-refractivity contribution >= 4 is 5.91 Å². The molecule has 2 heterocycles. The van der Waals surface area contributed by atoms with Gasteiger partial charge in [-0.05, 0) is 42.5 Å². The molecule has 1 N–H and O–H groups in total. The molecular formula is C19H22N2O2. The molecule has 1 aliphatic carbocycles. The zero-order valence-electron chi connectivity index (χ0n) is 13.4. The highest BCUT2D eigenvalue weighted by Gasteiger charge is 2.46. The van der Waals surface area contributed by atoms with E-state index in [4.69, 9.17) is 4.74 Å². The Hall–Kier alpha value is -2.07. The monoisotopic (exact) mass is 310 g/mol. The van der Waals surface area contributed by atoms with Crippen LogP contribution in [0.3, 0.4) is 0 Å². The summed E-state index contributed by atoms with van der Waals surface area (Å²) in [5, 5.41) is 0. The van der Waals surface area contributed by atoms with Crippen molar-refractivity contribution in [3.8, 4) is 0 Å². The highest BCUT2D eigenvalue weighted by molar-refractivity contribution is 5.92. The van der Waals surface area contributed by atoms with Crippen LogP contribution < -0.4 is 0 Å². The molecule has 1 saturated heterocycles. The van der Waals surface area contributed by atoms with Crippen LogP contribution in [-0.2, 0) is 10.2 Å². The quantitative estimate of drug-likeness (QED) is 0.925. The van der Waals surface area contributed by atoms with Gasteiger partial charge in [-0.3, -0.25) is 4.79 Å². The van der Waals surface area contributed by atoms with Gasteiger partial charge in [-0.25, -0.2) is 0 Å². The van der Waals surface area contributed by atoms with Crippen molar-refractivity contribution in [3.63, 3.8) is 0 Å². The zero-order chi connectivity index (χ0) is 15.9. The van der Waals surface area contributed by atoms with E-state index in [2.05, 4.69) is 29.2 Å². The molecule has 4 nitrogen and oxygen atoms in total. The van der Waals surface area contributed by atoms with Crippen molar-refractivity contribution in [2.45, 2.75) is 30.8 Å². The number of nitrogens with zero attached hydrogens (tertiary/aromatic N) is 1. The summed E-state index contributed by atoms with van der Waals surface area (Å²) in [6, 6.07) is 12.4. The molecule has 1 aliphatic heterocycles. The van der Waals surface area contributed by atoms with Gasteiger partial charge >= 0.3 is 0 Å². The predicted molar refractivity (Wildman–Crippen MR) is 88.4 cm³/mol. The fourth-order valence-corrected chi connectivity index (χ4v) is 4.29. The molecule has 0 bridgehead atoms. The van der Waals surface area contributed by atoms with Crippen molar-refractivity contribution < 1.29 is 9.53 Å². The van der Waals surface area contributed by atoms with Crippen LogP contribution >= 0.6 is 0 Å². The van der Waals surface area contributed by atoms with Gasteiger partial charge in [0.2, 0.25) is 0 Å². The normalized spacial score (nSPS) is 22.3. The lowest BCUT2D eigenvalue weighted by molar-refractivity contribution is 0.0555. The summed E-state index contributed by atoms with van der Waals surface area (Å²) in [7, 11) is 1.80. The smallest absolute Gasteiger partial charge is 0.270 e. The van der Waals surface area contributed by atoms with Crippen LogP contribution in [0.15, 0.2) is 42.6 Å². The number of aromatic amines is 1. The van der Waals surface area contributed by atoms with E-state index in [-0.39, 0.29) is 17.4 Å². The maximum Gasteiger partial charge on any atom is 0.270 e. The molecule has 2 aliphatic rings. The van der Waals surface area contributed by atoms with E-state index in [9.17, 15) is 4.79 Å². The molecule has 1 amide bonds. The molecule has 0 radical (unpaired) electrons. The number of carbonyl (C=O) groups is 1. The van der Waals surface area contributed by atoms with Crippen LogP contribution in [0.4, 0.5) is 0 Å². The third kappa shape index (κ3) is 2.29. The Morgan fingerprint density at radius 2 is 2.00 bits per heavy atom. The second kappa shape index (κ2) is 5.53. The highest BCUT2D eigenvalue weighted by atomic mass is 16.5. The number of carbonyl (C=O) groups excluding carboxylic acids is 1. The number of hydrogen-bond donors (Lipinski definition) is 1. The second-order valence-electron chi connectivity index (χ2n) is 6.67. The Balaban J connectivity index is 1.55. The number of likely N-dealkylation sites (tertiary alicyclic amines) is 1. The van der Waals surface area contributed by atoms with Crippen molar-refractivity contribution in [1.82, 2.24) is 9.88 Å². The van der Waals surface area contributed by atoms with Crippen LogP contribution in [0.1, 0.15) is 47.0 Å². The fourth-order valence-electron chi connectivity index (χ4n) is 4.29. The molecule has 23 heavy (non-hydrogen) atoms. The first kappa shape index (κ1) is 14.5. The molecule has 1 atom stereocenters. The van der Waals surface area contributed by atoms with Crippen LogP contribution in [0.2, 0.25) is 0 Å². The summed E-state index contributed by atoms with van der Waals surface area (Å²) in [5.74, 6) is 0.111. The number of methoxy groups -OCH3 is 1. The van der Waals surface area contributed by atoms with Crippen LogP contribution in [0.5, 0.6) is 0 Å². The number of rotatable bonds is 2. The number of hydrogen-bond acceptors (Lipinski definition) is 2. The summed E-state index contributed by atoms with van der Waals surface area (Å²) < 4.78 is 5.71. The highest BCUT2D eigenvalue weighted by Crippen LogP contribution is 2.51. The number of benzene rings is 1. The van der Waals surface area contributed by atoms with Gasteiger partial charge in [-0.15, -0.1) is 0 Å². The third-order valence-corrected chi connectivity index (χ3v) is 5.58. The molecule has 4 heteroatoms. The Kier molecular flexibility index (Phi) is 3.49. The maximum absolute atomic E-state index is 12.5. The van der Waals surface area contributed by atoms with E-state index in [1.54, 1.807) is 13.3 Å². The molecule has 0 saturated carbocycles. The van der Waals surface area contributed by atoms with Gasteiger partial charge in [0.15, 0.2) is 0 Å². The van der Waals surface area contributed by atoms with Crippen molar-refractivity contribution in [2.24, 2.45) is 0 Å². The van der Waals surface area contributed by atoms with Gasteiger partial charge in [-0.2, -0.15) is 0 Å². The summed E-state index contributed by atoms with van der Waals surface area (Å²) >= 11 is 0. The second-order valence-corrected chi connectivity index (χ2v) is 6.67. The maximum atomic E-state index is 12.5. The van der Waals surface area contributed by atoms with Crippen LogP contribution in [-0.4, -0.2) is 36.0 Å². The zero-order valence-corrected chi connectivity index (χ0v) is 13.4. The number of H-pyrrole nitrogens is 1. The summed E-state index contributed by atoms with van der Waals surface area (Å²) in [4.78, 5) is 17.5. The molecule has 0 unspecified atom stereocenters. The number of fused-ring (bicyclic) bond motifs is 2. The lowest BCUT2D eigenvalue weighted by atomic mass is 9.73. The first-order chi connectivity index (χ1) is 11.2. The Morgan fingerprint density at radius 3 is 2.70 bits per heavy atom. The predicted octanol–water partition coefficient (Wildman–Crippen LogP) is 3.28. The lowest BCUT2D eigenvalue weighted by Crippen LogP contribution is -2.44. The van der Waals surface area contributed by atoms with Crippen LogP contribution in [0, 0.1) is 0 Å². The average Bonchev–Trinajstić information content (AvgIpc) is 3.23. The topological polar surface area (TPSA) is 45.3 Å². The molecule has 4 rings (SSSR count). The molecule has 1 fully saturated rings. The van der Waals surface area contributed by atoms with Gasteiger partial charge in [0, 0.05) is 31.8 Å². The van der Waals surface area contributed by atoms with Crippen molar-refractivity contribution in [1.29, 1.82) is 0 Å². The Bertz CT molecular complexity index is 700. The minimum Gasteiger partial charge on any atom is -0.377 e. The average molecular weight is 310 g/mol. The SMILES string of the molecule is CO[C@H]1CC2(CCN(C(=O)c3ccc[nH]3)CC2)c2ccccc21. The fraction of sp³-hybridized carbons (Fsp3) is 0.421. The standard InChI is InChI=1S/C19H22N2O2/c1-23-17-13-19(15-6-3-2-5-14(15)17)8-11-21(12-9-19)18(22)16-7-4-10-20-16/h2-7,10,17,20H,8-9,11-13H2,1H3/t17-/m0/s1.